The minimum Gasteiger partial charge on any atom is -0.480 e. The maximum absolute atomic E-state index is 12.8. The van der Waals surface area contributed by atoms with Crippen molar-refractivity contribution in [2.45, 2.75) is 88.8 Å². The van der Waals surface area contributed by atoms with Crippen LogP contribution < -0.4 is 22.1 Å². The van der Waals surface area contributed by atoms with Crippen molar-refractivity contribution in [1.29, 1.82) is 0 Å². The summed E-state index contributed by atoms with van der Waals surface area (Å²) in [4.78, 5) is 61.0. The standard InChI is InChI=1S/C20H25N5O7S.C6H13N.C2H6/c21-18(17(29)20(31)22-8-16(27)28)23-19(30)14-7-6-13-9-24(10-15(26)25(13)14)33(32)11-12-4-2-1-3-5-12;7-6-4-2-1-3-5-6;1-2/h1-5,13-14,18H,6-11,21H2,(H,22,31)(H,23,30)(H,27,28);6H,1-5,7H2;1-2H3. The highest BCUT2D eigenvalue weighted by molar-refractivity contribution is 7.81. The highest BCUT2D eigenvalue weighted by Crippen LogP contribution is 2.29. The first-order valence-electron chi connectivity index (χ1n) is 14.4. The van der Waals surface area contributed by atoms with Crippen LogP contribution in [-0.2, 0) is 40.7 Å². The predicted molar refractivity (Wildman–Crippen MR) is 158 cm³/mol. The van der Waals surface area contributed by atoms with Crippen molar-refractivity contribution in [3.8, 4) is 0 Å². The number of amides is 3. The lowest BCUT2D eigenvalue weighted by atomic mass is 9.97. The van der Waals surface area contributed by atoms with Gasteiger partial charge in [-0.1, -0.05) is 63.4 Å². The van der Waals surface area contributed by atoms with Crippen molar-refractivity contribution in [3.63, 3.8) is 0 Å². The summed E-state index contributed by atoms with van der Waals surface area (Å²) in [5, 5.41) is 12.6. The third-order valence-corrected chi connectivity index (χ3v) is 8.53. The Morgan fingerprint density at radius 1 is 1.05 bits per heavy atom. The molecule has 2 heterocycles. The molecule has 42 heavy (non-hydrogen) atoms. The van der Waals surface area contributed by atoms with Crippen LogP contribution in [0.5, 0.6) is 0 Å². The molecule has 1 aromatic rings. The second kappa shape index (κ2) is 17.7. The highest BCUT2D eigenvalue weighted by atomic mass is 32.2. The number of rotatable bonds is 9. The minimum atomic E-state index is -1.68. The van der Waals surface area contributed by atoms with Crippen LogP contribution in [0.25, 0.3) is 0 Å². The predicted octanol–water partition coefficient (Wildman–Crippen LogP) is 0.000400. The van der Waals surface area contributed by atoms with Gasteiger partial charge in [0, 0.05) is 18.6 Å². The van der Waals surface area contributed by atoms with Gasteiger partial charge < -0.3 is 32.1 Å². The summed E-state index contributed by atoms with van der Waals surface area (Å²) in [7, 11) is -1.40. The molecule has 14 heteroatoms. The Morgan fingerprint density at radius 2 is 1.69 bits per heavy atom. The van der Waals surface area contributed by atoms with E-state index in [4.69, 9.17) is 16.6 Å². The third-order valence-electron chi connectivity index (χ3n) is 7.09. The SMILES string of the molecule is CC.NC(NC(=O)C1CCC2CN(S(=O)Cc3ccccc3)CC(=O)N21)C(=O)C(=O)NCC(=O)O.NC1CCCCC1. The van der Waals surface area contributed by atoms with Gasteiger partial charge in [0.2, 0.25) is 11.8 Å². The summed E-state index contributed by atoms with van der Waals surface area (Å²) < 4.78 is 14.4. The zero-order valence-corrected chi connectivity index (χ0v) is 25.1. The average molecular weight is 609 g/mol. The van der Waals surface area contributed by atoms with E-state index in [1.807, 2.05) is 49.5 Å². The molecule has 234 valence electrons. The molecule has 4 rings (SSSR count). The Hall–Kier alpha value is -3.20. The molecule has 3 amide bonds. The Kier molecular flexibility index (Phi) is 14.7. The van der Waals surface area contributed by atoms with Crippen molar-refractivity contribution in [2.24, 2.45) is 11.5 Å². The van der Waals surface area contributed by atoms with E-state index in [0.717, 1.165) is 5.56 Å². The third kappa shape index (κ3) is 10.6. The van der Waals surface area contributed by atoms with Crippen LogP contribution in [0, 0.1) is 0 Å². The molecular formula is C28H44N6O7S. The van der Waals surface area contributed by atoms with Crippen LogP contribution in [0.1, 0.15) is 64.4 Å². The number of piperazine rings is 1. The molecule has 4 atom stereocenters. The number of Topliss-reactive ketones (excluding diaryl/α,β-unsaturated/α-hetero) is 1. The molecule has 3 aliphatic rings. The van der Waals surface area contributed by atoms with E-state index in [-0.39, 0.29) is 24.2 Å². The molecule has 0 spiro atoms. The van der Waals surface area contributed by atoms with Crippen molar-refractivity contribution in [2.75, 3.05) is 19.6 Å². The largest absolute Gasteiger partial charge is 0.480 e. The highest BCUT2D eigenvalue weighted by Gasteiger charge is 2.46. The van der Waals surface area contributed by atoms with Gasteiger partial charge in [-0.05, 0) is 31.2 Å². The quantitative estimate of drug-likeness (QED) is 0.189. The number of nitrogens with one attached hydrogen (secondary N) is 2. The molecule has 0 bridgehead atoms. The summed E-state index contributed by atoms with van der Waals surface area (Å²) in [5.74, 6) is -4.54. The van der Waals surface area contributed by atoms with Gasteiger partial charge >= 0.3 is 5.97 Å². The summed E-state index contributed by atoms with van der Waals surface area (Å²) in [6, 6.07) is 8.63. The Labute approximate surface area is 249 Å². The average Bonchev–Trinajstić information content (AvgIpc) is 3.43. The first kappa shape index (κ1) is 35.0. The second-order valence-corrected chi connectivity index (χ2v) is 11.6. The van der Waals surface area contributed by atoms with Crippen LogP contribution in [0.4, 0.5) is 0 Å². The lowest BCUT2D eigenvalue weighted by molar-refractivity contribution is -0.145. The van der Waals surface area contributed by atoms with Gasteiger partial charge in [-0.25, -0.2) is 8.51 Å². The number of nitrogens with two attached hydrogens (primary N) is 2. The first-order valence-corrected chi connectivity index (χ1v) is 15.7. The van der Waals surface area contributed by atoms with Crippen molar-refractivity contribution in [3.05, 3.63) is 35.9 Å². The fourth-order valence-corrected chi connectivity index (χ4v) is 6.28. The van der Waals surface area contributed by atoms with E-state index in [2.05, 4.69) is 5.32 Å². The van der Waals surface area contributed by atoms with Gasteiger partial charge in [0.15, 0.2) is 0 Å². The maximum atomic E-state index is 12.8. The van der Waals surface area contributed by atoms with E-state index in [9.17, 15) is 28.2 Å². The van der Waals surface area contributed by atoms with Gasteiger partial charge in [-0.2, -0.15) is 0 Å². The number of benzene rings is 1. The van der Waals surface area contributed by atoms with E-state index in [1.165, 1.54) is 37.0 Å². The van der Waals surface area contributed by atoms with Crippen LogP contribution in [0.15, 0.2) is 30.3 Å². The Bertz CT molecular complexity index is 1100. The zero-order chi connectivity index (χ0) is 31.2. The molecule has 13 nitrogen and oxygen atoms in total. The zero-order valence-electron chi connectivity index (χ0n) is 24.3. The number of nitrogens with zero attached hydrogens (tertiary/aromatic N) is 2. The van der Waals surface area contributed by atoms with Gasteiger partial charge in [-0.15, -0.1) is 0 Å². The molecule has 4 unspecified atom stereocenters. The molecule has 0 aromatic heterocycles. The number of hydrogen-bond acceptors (Lipinski definition) is 8. The number of carboxylic acid groups (broad SMARTS) is 1. The van der Waals surface area contributed by atoms with Crippen LogP contribution >= 0.6 is 0 Å². The lowest BCUT2D eigenvalue weighted by Crippen LogP contribution is -2.61. The summed E-state index contributed by atoms with van der Waals surface area (Å²) in [5.41, 5.74) is 12.1. The fraction of sp³-hybridized carbons (Fsp3) is 0.607. The minimum absolute atomic E-state index is 0.109. The second-order valence-electron chi connectivity index (χ2n) is 10.1. The van der Waals surface area contributed by atoms with Crippen molar-refractivity contribution < 1.29 is 33.3 Å². The normalized spacial score (nSPS) is 21.8. The summed E-state index contributed by atoms with van der Waals surface area (Å²) in [6.07, 6.45) is 5.81. The molecule has 1 aliphatic carbocycles. The smallest absolute Gasteiger partial charge is 0.322 e. The molecular weight excluding hydrogens is 564 g/mol. The molecule has 1 aromatic carbocycles. The molecule has 2 saturated heterocycles. The van der Waals surface area contributed by atoms with E-state index < -0.39 is 53.3 Å². The van der Waals surface area contributed by atoms with Crippen LogP contribution in [-0.4, -0.2) is 91.9 Å². The molecule has 1 saturated carbocycles. The monoisotopic (exact) mass is 608 g/mol. The van der Waals surface area contributed by atoms with E-state index in [1.54, 1.807) is 4.31 Å². The Morgan fingerprint density at radius 3 is 2.26 bits per heavy atom. The van der Waals surface area contributed by atoms with Crippen LogP contribution in [0.3, 0.4) is 0 Å². The van der Waals surface area contributed by atoms with Gasteiger partial charge in [0.05, 0.1) is 23.3 Å². The number of hydrogen-bond donors (Lipinski definition) is 5. The number of carbonyl (C=O) groups excluding carboxylic acids is 4. The summed E-state index contributed by atoms with van der Waals surface area (Å²) >= 11 is 0. The van der Waals surface area contributed by atoms with Gasteiger partial charge in [0.25, 0.3) is 11.7 Å². The van der Waals surface area contributed by atoms with Gasteiger partial charge in [0.1, 0.15) is 18.8 Å². The van der Waals surface area contributed by atoms with Gasteiger partial charge in [-0.3, -0.25) is 24.0 Å². The molecule has 3 fully saturated rings. The number of aliphatic carboxylic acids is 1. The molecule has 7 N–H and O–H groups in total. The Balaban J connectivity index is 0.000000590. The van der Waals surface area contributed by atoms with Crippen molar-refractivity contribution in [1.82, 2.24) is 19.8 Å². The summed E-state index contributed by atoms with van der Waals surface area (Å²) in [6.45, 7) is 3.47. The number of carbonyl (C=O) groups is 5. The number of carboxylic acids is 1. The first-order chi connectivity index (χ1) is 20.1. The van der Waals surface area contributed by atoms with E-state index in [0.29, 0.717) is 25.4 Å². The molecule has 0 radical (unpaired) electrons. The fourth-order valence-electron chi connectivity index (χ4n) is 5.03. The topological polar surface area (TPSA) is 205 Å². The lowest BCUT2D eigenvalue weighted by Gasteiger charge is -2.38. The molecule has 2 aliphatic heterocycles. The number of ketones is 1. The van der Waals surface area contributed by atoms with Crippen LogP contribution in [0.2, 0.25) is 0 Å². The maximum Gasteiger partial charge on any atom is 0.322 e. The van der Waals surface area contributed by atoms with Crippen molar-refractivity contribution >= 4 is 40.5 Å². The number of fused-ring (bicyclic) bond motifs is 1. The van der Waals surface area contributed by atoms with E-state index >= 15 is 0 Å².